The fraction of sp³-hybridized carbons (Fsp3) is 0.304. The lowest BCUT2D eigenvalue weighted by Crippen LogP contribution is -2.33. The maximum atomic E-state index is 12.4. The number of esters is 1. The first-order valence-corrected chi connectivity index (χ1v) is 11.8. The molecule has 0 bridgehead atoms. The van der Waals surface area contributed by atoms with Crippen LogP contribution >= 0.6 is 11.6 Å². The summed E-state index contributed by atoms with van der Waals surface area (Å²) >= 11 is 3.84. The van der Waals surface area contributed by atoms with Gasteiger partial charge in [0.15, 0.2) is 0 Å². The van der Waals surface area contributed by atoms with Crippen LogP contribution < -0.4 is 4.31 Å². The molecule has 7 nitrogen and oxygen atoms in total. The SMILES string of the molecule is CCOC(=O)Cn1ncc2c1CCCC2N(c1cccc(-c2ccccc2Cl)c1)S(=O)[O-]. The second-order valence-corrected chi connectivity index (χ2v) is 8.73. The van der Waals surface area contributed by atoms with E-state index in [1.807, 2.05) is 36.4 Å². The lowest BCUT2D eigenvalue weighted by molar-refractivity contribution is -0.144. The molecule has 0 aliphatic heterocycles. The van der Waals surface area contributed by atoms with E-state index in [-0.39, 0.29) is 12.5 Å². The maximum Gasteiger partial charge on any atom is 0.327 e. The lowest BCUT2D eigenvalue weighted by Gasteiger charge is -2.37. The van der Waals surface area contributed by atoms with E-state index in [4.69, 9.17) is 16.3 Å². The van der Waals surface area contributed by atoms with Gasteiger partial charge in [0.2, 0.25) is 0 Å². The smallest absolute Gasteiger partial charge is 0.327 e. The summed E-state index contributed by atoms with van der Waals surface area (Å²) in [4.78, 5) is 11.9. The number of halogens is 1. The first-order chi connectivity index (χ1) is 15.5. The van der Waals surface area contributed by atoms with Crippen LogP contribution in [0.4, 0.5) is 5.69 Å². The van der Waals surface area contributed by atoms with Crippen LogP contribution in [0.25, 0.3) is 11.1 Å². The largest absolute Gasteiger partial charge is 0.755 e. The Bertz CT molecular complexity index is 1150. The van der Waals surface area contributed by atoms with E-state index < -0.39 is 17.3 Å². The minimum Gasteiger partial charge on any atom is -0.755 e. The Morgan fingerprint density at radius 3 is 2.88 bits per heavy atom. The van der Waals surface area contributed by atoms with Crippen LogP contribution in [0, 0.1) is 0 Å². The van der Waals surface area contributed by atoms with Crippen molar-refractivity contribution in [2.24, 2.45) is 0 Å². The summed E-state index contributed by atoms with van der Waals surface area (Å²) in [5.74, 6) is -0.364. The average molecular weight is 473 g/mol. The van der Waals surface area contributed by atoms with E-state index in [0.29, 0.717) is 23.7 Å². The fourth-order valence-electron chi connectivity index (χ4n) is 4.18. The van der Waals surface area contributed by atoms with Crippen molar-refractivity contribution >= 4 is 34.5 Å². The molecule has 4 rings (SSSR count). The number of rotatable bonds is 7. The van der Waals surface area contributed by atoms with Crippen LogP contribution in [0.5, 0.6) is 0 Å². The molecule has 9 heteroatoms. The highest BCUT2D eigenvalue weighted by molar-refractivity contribution is 7.80. The van der Waals surface area contributed by atoms with Gasteiger partial charge in [-0.1, -0.05) is 41.9 Å². The second-order valence-electron chi connectivity index (χ2n) is 7.49. The Morgan fingerprint density at radius 2 is 2.12 bits per heavy atom. The summed E-state index contributed by atoms with van der Waals surface area (Å²) in [6, 6.07) is 14.4. The van der Waals surface area contributed by atoms with Crippen LogP contribution in [0.1, 0.15) is 37.1 Å². The zero-order valence-electron chi connectivity index (χ0n) is 17.6. The number of hydrogen-bond donors (Lipinski definition) is 0. The van der Waals surface area contributed by atoms with E-state index in [1.165, 1.54) is 4.31 Å². The highest BCUT2D eigenvalue weighted by atomic mass is 35.5. The van der Waals surface area contributed by atoms with Crippen LogP contribution in [-0.4, -0.2) is 31.1 Å². The molecule has 0 radical (unpaired) electrons. The molecule has 168 valence electrons. The number of anilines is 1. The molecule has 1 heterocycles. The highest BCUT2D eigenvalue weighted by Crippen LogP contribution is 2.39. The Balaban J connectivity index is 1.69. The summed E-state index contributed by atoms with van der Waals surface area (Å²) in [5.41, 5.74) is 3.89. The number of benzene rings is 2. The Kier molecular flexibility index (Phi) is 6.93. The third-order valence-corrected chi connectivity index (χ3v) is 6.66. The van der Waals surface area contributed by atoms with Gasteiger partial charge in [0.05, 0.1) is 18.8 Å². The van der Waals surface area contributed by atoms with Gasteiger partial charge in [-0.2, -0.15) is 5.10 Å². The van der Waals surface area contributed by atoms with Crippen LogP contribution in [0.2, 0.25) is 5.02 Å². The molecule has 0 saturated carbocycles. The predicted octanol–water partition coefficient (Wildman–Crippen LogP) is 4.44. The summed E-state index contributed by atoms with van der Waals surface area (Å²) in [6.07, 6.45) is 3.83. The maximum absolute atomic E-state index is 12.4. The van der Waals surface area contributed by atoms with Crippen molar-refractivity contribution in [3.05, 3.63) is 71.0 Å². The normalized spacial score (nSPS) is 16.3. The van der Waals surface area contributed by atoms with Crippen LogP contribution in [0.3, 0.4) is 0 Å². The molecule has 32 heavy (non-hydrogen) atoms. The van der Waals surface area contributed by atoms with Crippen molar-refractivity contribution in [2.45, 2.75) is 38.8 Å². The molecule has 1 aliphatic rings. The summed E-state index contributed by atoms with van der Waals surface area (Å²) in [5, 5.41) is 4.95. The predicted molar refractivity (Wildman–Crippen MR) is 123 cm³/mol. The summed E-state index contributed by atoms with van der Waals surface area (Å²) in [6.45, 7) is 2.07. The average Bonchev–Trinajstić information content (AvgIpc) is 3.18. The Morgan fingerprint density at radius 1 is 1.31 bits per heavy atom. The minimum absolute atomic E-state index is 0.0123. The molecule has 2 atom stereocenters. The van der Waals surface area contributed by atoms with E-state index >= 15 is 0 Å². The van der Waals surface area contributed by atoms with Crippen LogP contribution in [-0.2, 0) is 33.8 Å². The monoisotopic (exact) mass is 472 g/mol. The molecule has 2 unspecified atom stereocenters. The first-order valence-electron chi connectivity index (χ1n) is 10.4. The lowest BCUT2D eigenvalue weighted by atomic mass is 9.92. The van der Waals surface area contributed by atoms with Gasteiger partial charge in [-0.15, -0.1) is 0 Å². The topological polar surface area (TPSA) is 87.5 Å². The third kappa shape index (κ3) is 4.57. The number of hydrogen-bond acceptors (Lipinski definition) is 5. The minimum atomic E-state index is -2.51. The summed E-state index contributed by atoms with van der Waals surface area (Å²) < 4.78 is 32.8. The van der Waals surface area contributed by atoms with Gasteiger partial charge >= 0.3 is 5.97 Å². The number of aromatic nitrogens is 2. The van der Waals surface area contributed by atoms with Gasteiger partial charge in [-0.3, -0.25) is 18.0 Å². The standard InChI is InChI=1S/C23H24ClN3O4S/c1-2-31-23(28)15-26-21-11-6-12-22(19(21)14-25-26)27(32(29)30)17-8-5-7-16(13-17)18-9-3-4-10-20(18)24/h3-5,7-10,13-14,22H,2,6,11-12,15H2,1H3,(H,29,30)/p-1. The fourth-order valence-corrected chi connectivity index (χ4v) is 5.14. The van der Waals surface area contributed by atoms with E-state index in [0.717, 1.165) is 35.2 Å². The van der Waals surface area contributed by atoms with Gasteiger partial charge < -0.3 is 9.29 Å². The third-order valence-electron chi connectivity index (χ3n) is 5.54. The molecule has 1 aliphatic carbocycles. The molecule has 0 saturated heterocycles. The summed E-state index contributed by atoms with van der Waals surface area (Å²) in [7, 11) is 0. The van der Waals surface area contributed by atoms with Gasteiger partial charge in [0.1, 0.15) is 6.54 Å². The molecule has 2 aromatic carbocycles. The van der Waals surface area contributed by atoms with Crippen molar-refractivity contribution in [1.29, 1.82) is 0 Å². The Labute approximate surface area is 194 Å². The molecule has 0 N–H and O–H groups in total. The molecule has 3 aromatic rings. The van der Waals surface area contributed by atoms with E-state index in [2.05, 4.69) is 5.10 Å². The van der Waals surface area contributed by atoms with Crippen molar-refractivity contribution < 1.29 is 18.3 Å². The van der Waals surface area contributed by atoms with Crippen molar-refractivity contribution in [1.82, 2.24) is 9.78 Å². The highest BCUT2D eigenvalue weighted by Gasteiger charge is 2.31. The van der Waals surface area contributed by atoms with Crippen molar-refractivity contribution in [3.63, 3.8) is 0 Å². The molecule has 0 fully saturated rings. The van der Waals surface area contributed by atoms with Crippen molar-refractivity contribution in [2.75, 3.05) is 10.9 Å². The van der Waals surface area contributed by atoms with Crippen molar-refractivity contribution in [3.8, 4) is 11.1 Å². The number of nitrogens with zero attached hydrogens (tertiary/aromatic N) is 3. The molecule has 0 spiro atoms. The second kappa shape index (κ2) is 9.85. The van der Waals surface area contributed by atoms with E-state index in [1.54, 1.807) is 29.9 Å². The number of carbonyl (C=O) groups excluding carboxylic acids is 1. The number of fused-ring (bicyclic) bond motifs is 1. The Hall–Kier alpha value is -2.68. The van der Waals surface area contributed by atoms with Gasteiger partial charge in [-0.05, 0) is 49.9 Å². The van der Waals surface area contributed by atoms with E-state index in [9.17, 15) is 13.6 Å². The molecular formula is C23H23ClN3O4S-. The number of carbonyl (C=O) groups is 1. The van der Waals surface area contributed by atoms with Gasteiger partial charge in [-0.25, -0.2) is 0 Å². The first kappa shape index (κ1) is 22.5. The molecule has 1 aromatic heterocycles. The number of ether oxygens (including phenoxy) is 1. The zero-order valence-corrected chi connectivity index (χ0v) is 19.1. The quantitative estimate of drug-likeness (QED) is 0.374. The van der Waals surface area contributed by atoms with Gasteiger partial charge in [0.25, 0.3) is 0 Å². The van der Waals surface area contributed by atoms with Gasteiger partial charge in [0, 0.05) is 38.8 Å². The van der Waals surface area contributed by atoms with Crippen LogP contribution in [0.15, 0.2) is 54.7 Å². The molecule has 0 amide bonds. The molecular weight excluding hydrogens is 450 g/mol. The zero-order chi connectivity index (χ0) is 22.7.